The van der Waals surface area contributed by atoms with E-state index in [2.05, 4.69) is 5.10 Å². The molecule has 2 heterocycles. The van der Waals surface area contributed by atoms with Crippen LogP contribution in [0.3, 0.4) is 0 Å². The summed E-state index contributed by atoms with van der Waals surface area (Å²) in [4.78, 5) is 15.4. The van der Waals surface area contributed by atoms with Crippen LogP contribution in [0, 0.1) is 0 Å². The number of benzene rings is 1. The third-order valence-corrected chi connectivity index (χ3v) is 4.17. The Kier molecular flexibility index (Phi) is 2.94. The van der Waals surface area contributed by atoms with Crippen LogP contribution >= 0.6 is 11.8 Å². The van der Waals surface area contributed by atoms with Gasteiger partial charge in [-0.3, -0.25) is 9.48 Å². The molecule has 0 saturated carbocycles. The first-order valence-corrected chi connectivity index (χ1v) is 6.97. The van der Waals surface area contributed by atoms with Gasteiger partial charge >= 0.3 is 0 Å². The molecule has 2 N–H and O–H groups in total. The Labute approximate surface area is 115 Å². The minimum atomic E-state index is -0.0350. The van der Waals surface area contributed by atoms with E-state index in [-0.39, 0.29) is 5.91 Å². The third-order valence-electron chi connectivity index (χ3n) is 3.13. The van der Waals surface area contributed by atoms with Crippen LogP contribution < -0.4 is 10.6 Å². The second kappa shape index (κ2) is 4.62. The van der Waals surface area contributed by atoms with Gasteiger partial charge in [0.05, 0.1) is 5.69 Å². The van der Waals surface area contributed by atoms with Crippen molar-refractivity contribution in [3.8, 4) is 0 Å². The smallest absolute Gasteiger partial charge is 0.276 e. The van der Waals surface area contributed by atoms with Crippen LogP contribution in [0.25, 0.3) is 0 Å². The molecule has 1 aromatic carbocycles. The maximum atomic E-state index is 12.6. The lowest BCUT2D eigenvalue weighted by molar-refractivity contribution is 0.0978. The summed E-state index contributed by atoms with van der Waals surface area (Å²) in [5.74, 6) is 0.854. The zero-order chi connectivity index (χ0) is 13.4. The van der Waals surface area contributed by atoms with E-state index >= 15 is 0 Å². The summed E-state index contributed by atoms with van der Waals surface area (Å²) < 4.78 is 1.59. The molecule has 1 aliphatic rings. The number of thioether (sulfide) groups is 1. The summed E-state index contributed by atoms with van der Waals surface area (Å²) in [6, 6.07) is 7.42. The number of amides is 1. The van der Waals surface area contributed by atoms with E-state index in [0.717, 1.165) is 16.3 Å². The van der Waals surface area contributed by atoms with Crippen molar-refractivity contribution in [2.45, 2.75) is 4.90 Å². The van der Waals surface area contributed by atoms with E-state index in [1.807, 2.05) is 18.2 Å². The molecule has 0 aliphatic carbocycles. The number of hydrogen-bond donors (Lipinski definition) is 1. The Morgan fingerprint density at radius 3 is 3.00 bits per heavy atom. The molecular formula is C13H14N4OS. The summed E-state index contributed by atoms with van der Waals surface area (Å²) in [6.45, 7) is 0.686. The summed E-state index contributed by atoms with van der Waals surface area (Å²) in [6.07, 6.45) is 1.63. The van der Waals surface area contributed by atoms with E-state index < -0.39 is 0 Å². The van der Waals surface area contributed by atoms with Crippen LogP contribution in [-0.4, -0.2) is 28.0 Å². The van der Waals surface area contributed by atoms with Gasteiger partial charge in [0.2, 0.25) is 0 Å². The fourth-order valence-electron chi connectivity index (χ4n) is 2.17. The van der Waals surface area contributed by atoms with Crippen LogP contribution in [-0.2, 0) is 7.05 Å². The highest BCUT2D eigenvalue weighted by Crippen LogP contribution is 2.36. The lowest BCUT2D eigenvalue weighted by Gasteiger charge is -2.29. The number of anilines is 2. The zero-order valence-corrected chi connectivity index (χ0v) is 11.4. The number of nitrogens with two attached hydrogens (primary N) is 1. The molecule has 1 aromatic heterocycles. The van der Waals surface area contributed by atoms with Crippen LogP contribution in [0.5, 0.6) is 0 Å². The number of rotatable bonds is 1. The van der Waals surface area contributed by atoms with Gasteiger partial charge in [-0.2, -0.15) is 5.10 Å². The molecule has 0 atom stereocenters. The third kappa shape index (κ3) is 2.08. The Bertz CT molecular complexity index is 637. The van der Waals surface area contributed by atoms with E-state index in [4.69, 9.17) is 5.73 Å². The van der Waals surface area contributed by atoms with E-state index in [1.165, 1.54) is 0 Å². The average molecular weight is 274 g/mol. The molecule has 5 nitrogen and oxygen atoms in total. The summed E-state index contributed by atoms with van der Waals surface area (Å²) >= 11 is 1.75. The minimum Gasteiger partial charge on any atom is -0.399 e. The quantitative estimate of drug-likeness (QED) is 0.805. The van der Waals surface area contributed by atoms with Crippen LogP contribution in [0.4, 0.5) is 11.4 Å². The van der Waals surface area contributed by atoms with Crippen molar-refractivity contribution >= 4 is 29.0 Å². The maximum absolute atomic E-state index is 12.6. The normalized spacial score (nSPS) is 14.3. The molecule has 0 radical (unpaired) electrons. The zero-order valence-electron chi connectivity index (χ0n) is 10.5. The van der Waals surface area contributed by atoms with Gasteiger partial charge in [0, 0.05) is 36.1 Å². The molecule has 0 bridgehead atoms. The van der Waals surface area contributed by atoms with Gasteiger partial charge in [-0.05, 0) is 24.3 Å². The predicted octanol–water partition coefficient (Wildman–Crippen LogP) is 1.75. The monoisotopic (exact) mass is 274 g/mol. The lowest BCUT2D eigenvalue weighted by Crippen LogP contribution is -2.36. The molecular weight excluding hydrogens is 260 g/mol. The Morgan fingerprint density at radius 2 is 2.26 bits per heavy atom. The van der Waals surface area contributed by atoms with Crippen molar-refractivity contribution in [2.24, 2.45) is 7.05 Å². The second-order valence-electron chi connectivity index (χ2n) is 4.37. The summed E-state index contributed by atoms with van der Waals surface area (Å²) in [5, 5.41) is 4.05. The molecule has 0 spiro atoms. The number of aryl methyl sites for hydroxylation is 1. The first-order chi connectivity index (χ1) is 9.16. The SMILES string of the molecule is Cn1nccc1C(=O)N1CCSc2ccc(N)cc21. The lowest BCUT2D eigenvalue weighted by atomic mass is 10.2. The van der Waals surface area contributed by atoms with Crippen molar-refractivity contribution in [2.75, 3.05) is 22.9 Å². The largest absolute Gasteiger partial charge is 0.399 e. The van der Waals surface area contributed by atoms with Gasteiger partial charge < -0.3 is 10.6 Å². The van der Waals surface area contributed by atoms with Gasteiger partial charge in [-0.15, -0.1) is 11.8 Å². The standard InChI is InChI=1S/C13H14N4OS/c1-16-10(4-5-15-16)13(18)17-6-7-19-12-3-2-9(14)8-11(12)17/h2-5,8H,6-7,14H2,1H3. The average Bonchev–Trinajstić information content (AvgIpc) is 2.83. The van der Waals surface area contributed by atoms with Gasteiger partial charge in [0.1, 0.15) is 5.69 Å². The van der Waals surface area contributed by atoms with Crippen molar-refractivity contribution in [1.82, 2.24) is 9.78 Å². The van der Waals surface area contributed by atoms with E-state index in [9.17, 15) is 4.79 Å². The summed E-state index contributed by atoms with van der Waals surface area (Å²) in [5.41, 5.74) is 7.97. The van der Waals surface area contributed by atoms with Crippen molar-refractivity contribution in [3.63, 3.8) is 0 Å². The van der Waals surface area contributed by atoms with Crippen LogP contribution in [0.15, 0.2) is 35.4 Å². The molecule has 19 heavy (non-hydrogen) atoms. The molecule has 1 aliphatic heterocycles. The highest BCUT2D eigenvalue weighted by molar-refractivity contribution is 7.99. The van der Waals surface area contributed by atoms with Crippen LogP contribution in [0.1, 0.15) is 10.5 Å². The van der Waals surface area contributed by atoms with Crippen molar-refractivity contribution < 1.29 is 4.79 Å². The van der Waals surface area contributed by atoms with Crippen LogP contribution in [0.2, 0.25) is 0 Å². The number of fused-ring (bicyclic) bond motifs is 1. The van der Waals surface area contributed by atoms with E-state index in [0.29, 0.717) is 17.9 Å². The predicted molar refractivity (Wildman–Crippen MR) is 76.5 cm³/mol. The molecule has 6 heteroatoms. The first-order valence-electron chi connectivity index (χ1n) is 5.99. The van der Waals surface area contributed by atoms with Gasteiger partial charge in [-0.25, -0.2) is 0 Å². The second-order valence-corrected chi connectivity index (χ2v) is 5.51. The number of aromatic nitrogens is 2. The van der Waals surface area contributed by atoms with Gasteiger partial charge in [-0.1, -0.05) is 0 Å². The molecule has 0 fully saturated rings. The van der Waals surface area contributed by atoms with Crippen molar-refractivity contribution in [3.05, 3.63) is 36.2 Å². The first kappa shape index (κ1) is 12.1. The molecule has 98 valence electrons. The number of hydrogen-bond acceptors (Lipinski definition) is 4. The molecule has 2 aromatic rings. The molecule has 0 unspecified atom stereocenters. The van der Waals surface area contributed by atoms with Gasteiger partial charge in [0.25, 0.3) is 5.91 Å². The summed E-state index contributed by atoms with van der Waals surface area (Å²) in [7, 11) is 1.77. The Morgan fingerprint density at radius 1 is 1.42 bits per heavy atom. The topological polar surface area (TPSA) is 64.2 Å². The molecule has 0 saturated heterocycles. The van der Waals surface area contributed by atoms with Gasteiger partial charge in [0.15, 0.2) is 0 Å². The number of nitrogens with zero attached hydrogens (tertiary/aromatic N) is 3. The Balaban J connectivity index is 2.02. The Hall–Kier alpha value is -1.95. The number of carbonyl (C=O) groups excluding carboxylic acids is 1. The highest BCUT2D eigenvalue weighted by atomic mass is 32.2. The molecule has 3 rings (SSSR count). The maximum Gasteiger partial charge on any atom is 0.276 e. The van der Waals surface area contributed by atoms with E-state index in [1.54, 1.807) is 40.7 Å². The number of nitrogen functional groups attached to an aromatic ring is 1. The highest BCUT2D eigenvalue weighted by Gasteiger charge is 2.25. The fourth-order valence-corrected chi connectivity index (χ4v) is 3.14. The number of carbonyl (C=O) groups is 1. The van der Waals surface area contributed by atoms with Crippen molar-refractivity contribution in [1.29, 1.82) is 0 Å². The minimum absolute atomic E-state index is 0.0350. The fraction of sp³-hybridized carbons (Fsp3) is 0.231. The molecule has 1 amide bonds.